The number of hydrogen-bond donors (Lipinski definition) is 3. The minimum Gasteiger partial charge on any atom is -0.480 e. The van der Waals surface area contributed by atoms with E-state index in [4.69, 9.17) is 16.6 Å². The largest absolute Gasteiger partial charge is 0.480 e. The number of ketones is 1. The summed E-state index contributed by atoms with van der Waals surface area (Å²) in [5, 5.41) is 8.80. The standard InChI is InChI=1S/C9H16N2O4/c1-5(2)6(10)7(13)9(11,3-4-12)8(14)15/h4-6H,3,10-11H2,1-2H3,(H,14,15)/t6-,9-/m0/s1. The van der Waals surface area contributed by atoms with Crippen molar-refractivity contribution in [3.05, 3.63) is 0 Å². The van der Waals surface area contributed by atoms with Gasteiger partial charge in [0, 0.05) is 6.42 Å². The van der Waals surface area contributed by atoms with Crippen molar-refractivity contribution in [1.82, 2.24) is 0 Å². The van der Waals surface area contributed by atoms with Crippen molar-refractivity contribution in [2.75, 3.05) is 0 Å². The summed E-state index contributed by atoms with van der Waals surface area (Å²) in [6.45, 7) is 3.34. The number of Topliss-reactive ketones (excluding diaryl/α,β-unsaturated/α-hetero) is 1. The highest BCUT2D eigenvalue weighted by atomic mass is 16.4. The highest BCUT2D eigenvalue weighted by Crippen LogP contribution is 2.13. The molecule has 0 spiro atoms. The molecule has 2 atom stereocenters. The molecule has 0 aliphatic rings. The van der Waals surface area contributed by atoms with E-state index in [9.17, 15) is 14.4 Å². The summed E-state index contributed by atoms with van der Waals surface area (Å²) in [6.07, 6.45) is -0.263. The molecule has 0 bridgehead atoms. The van der Waals surface area contributed by atoms with Crippen molar-refractivity contribution >= 4 is 18.0 Å². The quantitative estimate of drug-likeness (QED) is 0.383. The lowest BCUT2D eigenvalue weighted by atomic mass is 9.84. The Kier molecular flexibility index (Phi) is 4.57. The summed E-state index contributed by atoms with van der Waals surface area (Å²) in [7, 11) is 0. The molecular formula is C9H16N2O4. The molecule has 0 saturated carbocycles. The predicted octanol–water partition coefficient (Wildman–Crippen LogP) is -1.09. The van der Waals surface area contributed by atoms with Gasteiger partial charge in [0.2, 0.25) is 0 Å². The zero-order valence-corrected chi connectivity index (χ0v) is 8.77. The van der Waals surface area contributed by atoms with Crippen molar-refractivity contribution < 1.29 is 19.5 Å². The number of nitrogens with two attached hydrogens (primary N) is 2. The highest BCUT2D eigenvalue weighted by Gasteiger charge is 2.44. The second-order valence-corrected chi connectivity index (χ2v) is 3.78. The van der Waals surface area contributed by atoms with Gasteiger partial charge in [-0.3, -0.25) is 4.79 Å². The van der Waals surface area contributed by atoms with Gasteiger partial charge in [0.05, 0.1) is 6.04 Å². The summed E-state index contributed by atoms with van der Waals surface area (Å²) >= 11 is 0. The highest BCUT2D eigenvalue weighted by molar-refractivity contribution is 6.11. The fourth-order valence-corrected chi connectivity index (χ4v) is 1.02. The van der Waals surface area contributed by atoms with Crippen molar-refractivity contribution in [1.29, 1.82) is 0 Å². The Morgan fingerprint density at radius 1 is 1.47 bits per heavy atom. The first-order valence-corrected chi connectivity index (χ1v) is 4.53. The molecule has 86 valence electrons. The monoisotopic (exact) mass is 216 g/mol. The van der Waals surface area contributed by atoms with Crippen LogP contribution in [0.5, 0.6) is 0 Å². The van der Waals surface area contributed by atoms with Gasteiger partial charge in [-0.15, -0.1) is 0 Å². The van der Waals surface area contributed by atoms with Crippen LogP contribution in [0.1, 0.15) is 20.3 Å². The number of carbonyl (C=O) groups is 3. The van der Waals surface area contributed by atoms with Gasteiger partial charge < -0.3 is 21.4 Å². The van der Waals surface area contributed by atoms with Gasteiger partial charge in [-0.05, 0) is 5.92 Å². The van der Waals surface area contributed by atoms with Crippen LogP contribution < -0.4 is 11.5 Å². The molecule has 0 aromatic carbocycles. The Labute approximate surface area is 87.6 Å². The summed E-state index contributed by atoms with van der Waals surface area (Å²) < 4.78 is 0. The fraction of sp³-hybridized carbons (Fsp3) is 0.667. The van der Waals surface area contributed by atoms with Crippen LogP contribution in [0.2, 0.25) is 0 Å². The predicted molar refractivity (Wildman–Crippen MR) is 53.1 cm³/mol. The third-order valence-electron chi connectivity index (χ3n) is 2.25. The van der Waals surface area contributed by atoms with Crippen molar-refractivity contribution in [3.63, 3.8) is 0 Å². The Morgan fingerprint density at radius 3 is 2.20 bits per heavy atom. The Balaban J connectivity index is 5.02. The van der Waals surface area contributed by atoms with E-state index in [0.717, 1.165) is 0 Å². The lowest BCUT2D eigenvalue weighted by molar-refractivity contribution is -0.150. The lowest BCUT2D eigenvalue weighted by Gasteiger charge is -2.25. The number of aldehydes is 1. The van der Waals surface area contributed by atoms with Crippen LogP contribution in [0.3, 0.4) is 0 Å². The van der Waals surface area contributed by atoms with E-state index >= 15 is 0 Å². The molecule has 6 nitrogen and oxygen atoms in total. The molecule has 0 fully saturated rings. The number of carbonyl (C=O) groups excluding carboxylic acids is 2. The zero-order valence-electron chi connectivity index (χ0n) is 8.77. The average molecular weight is 216 g/mol. The topological polar surface area (TPSA) is 123 Å². The number of carboxylic acids is 1. The Hall–Kier alpha value is -1.27. The second-order valence-electron chi connectivity index (χ2n) is 3.78. The molecule has 0 aromatic heterocycles. The first kappa shape index (κ1) is 13.7. The van der Waals surface area contributed by atoms with Gasteiger partial charge in [-0.1, -0.05) is 13.8 Å². The summed E-state index contributed by atoms with van der Waals surface area (Å²) in [6, 6.07) is -0.981. The van der Waals surface area contributed by atoms with Crippen molar-refractivity contribution in [2.24, 2.45) is 17.4 Å². The van der Waals surface area contributed by atoms with Gasteiger partial charge in [0.25, 0.3) is 0 Å². The van der Waals surface area contributed by atoms with Crippen LogP contribution in [-0.4, -0.2) is 34.7 Å². The van der Waals surface area contributed by atoms with Gasteiger partial charge in [0.15, 0.2) is 11.3 Å². The van der Waals surface area contributed by atoms with Gasteiger partial charge >= 0.3 is 5.97 Å². The van der Waals surface area contributed by atoms with Crippen LogP contribution in [0.25, 0.3) is 0 Å². The maximum atomic E-state index is 11.6. The molecule has 0 aliphatic carbocycles. The van der Waals surface area contributed by atoms with Gasteiger partial charge in [-0.25, -0.2) is 4.79 Å². The molecule has 0 radical (unpaired) electrons. The van der Waals surface area contributed by atoms with Crippen LogP contribution in [0.15, 0.2) is 0 Å². The van der Waals surface area contributed by atoms with E-state index in [1.54, 1.807) is 13.8 Å². The molecule has 15 heavy (non-hydrogen) atoms. The first-order valence-electron chi connectivity index (χ1n) is 4.53. The van der Waals surface area contributed by atoms with E-state index in [1.807, 2.05) is 0 Å². The van der Waals surface area contributed by atoms with E-state index in [0.29, 0.717) is 6.29 Å². The van der Waals surface area contributed by atoms with Crippen LogP contribution in [-0.2, 0) is 14.4 Å². The number of carboxylic acid groups (broad SMARTS) is 1. The van der Waals surface area contributed by atoms with Crippen molar-refractivity contribution in [3.8, 4) is 0 Å². The normalized spacial score (nSPS) is 16.9. The van der Waals surface area contributed by atoms with Crippen LogP contribution in [0.4, 0.5) is 0 Å². The maximum absolute atomic E-state index is 11.6. The lowest BCUT2D eigenvalue weighted by Crippen LogP contribution is -2.61. The zero-order chi connectivity index (χ0) is 12.2. The van der Waals surface area contributed by atoms with Crippen molar-refractivity contribution in [2.45, 2.75) is 31.8 Å². The molecule has 0 aromatic rings. The van der Waals surface area contributed by atoms with Crippen LogP contribution in [0, 0.1) is 5.92 Å². The number of rotatable bonds is 6. The summed E-state index contributed by atoms with van der Waals surface area (Å²) in [4.78, 5) is 32.8. The van der Waals surface area contributed by atoms with E-state index in [-0.39, 0.29) is 5.92 Å². The third-order valence-corrected chi connectivity index (χ3v) is 2.25. The molecule has 0 saturated heterocycles. The fourth-order valence-electron chi connectivity index (χ4n) is 1.02. The molecule has 0 heterocycles. The molecule has 0 rings (SSSR count). The smallest absolute Gasteiger partial charge is 0.331 e. The second kappa shape index (κ2) is 4.99. The Morgan fingerprint density at radius 2 is 1.93 bits per heavy atom. The SMILES string of the molecule is CC(C)[C@H](N)C(=O)[C@@](N)(CC=O)C(=O)O. The van der Waals surface area contributed by atoms with Gasteiger partial charge in [-0.2, -0.15) is 0 Å². The number of aliphatic carboxylic acids is 1. The maximum Gasteiger partial charge on any atom is 0.331 e. The molecule has 0 unspecified atom stereocenters. The van der Waals surface area contributed by atoms with E-state index < -0.39 is 29.8 Å². The molecule has 5 N–H and O–H groups in total. The molecule has 0 amide bonds. The molecule has 6 heteroatoms. The van der Waals surface area contributed by atoms with E-state index in [1.165, 1.54) is 0 Å². The number of hydrogen-bond acceptors (Lipinski definition) is 5. The summed E-state index contributed by atoms with van der Waals surface area (Å²) in [5.74, 6) is -2.58. The molecule has 0 aliphatic heterocycles. The summed E-state index contributed by atoms with van der Waals surface area (Å²) in [5.41, 5.74) is 8.68. The van der Waals surface area contributed by atoms with Crippen LogP contribution >= 0.6 is 0 Å². The first-order chi connectivity index (χ1) is 6.77. The Bertz CT molecular complexity index is 277. The van der Waals surface area contributed by atoms with E-state index in [2.05, 4.69) is 0 Å². The molecular weight excluding hydrogens is 200 g/mol. The van der Waals surface area contributed by atoms with Gasteiger partial charge in [0.1, 0.15) is 6.29 Å². The third kappa shape index (κ3) is 2.84. The minimum atomic E-state index is -2.20. The minimum absolute atomic E-state index is 0.230. The average Bonchev–Trinajstić information content (AvgIpc) is 2.15.